The highest BCUT2D eigenvalue weighted by Crippen LogP contribution is 2.36. The Balaban J connectivity index is 1.51. The van der Waals surface area contributed by atoms with Crippen molar-refractivity contribution in [2.45, 2.75) is 10.1 Å². The number of amides is 2. The lowest BCUT2D eigenvalue weighted by Gasteiger charge is -2.17. The van der Waals surface area contributed by atoms with E-state index < -0.39 is 5.25 Å². The van der Waals surface area contributed by atoms with Crippen molar-refractivity contribution in [1.29, 1.82) is 0 Å². The van der Waals surface area contributed by atoms with Crippen molar-refractivity contribution in [1.82, 2.24) is 0 Å². The smallest absolute Gasteiger partial charge is 0.265 e. The number of rotatable bonds is 7. The van der Waals surface area contributed by atoms with Gasteiger partial charge in [0.15, 0.2) is 0 Å². The molecule has 4 aromatic rings. The van der Waals surface area contributed by atoms with Crippen LogP contribution in [-0.4, -0.2) is 11.8 Å². The van der Waals surface area contributed by atoms with Crippen LogP contribution in [0.3, 0.4) is 0 Å². The predicted octanol–water partition coefficient (Wildman–Crippen LogP) is 6.47. The third-order valence-corrected chi connectivity index (χ3v) is 6.61. The topological polar surface area (TPSA) is 58.2 Å². The highest BCUT2D eigenvalue weighted by atomic mass is 32.2. The van der Waals surface area contributed by atoms with Gasteiger partial charge in [0.1, 0.15) is 5.25 Å². The second-order valence-electron chi connectivity index (χ2n) is 6.72. The molecule has 0 saturated heterocycles. The molecular formula is C25H20N2O2S2. The Hall–Kier alpha value is -3.35. The Morgan fingerprint density at radius 2 is 1.42 bits per heavy atom. The molecule has 31 heavy (non-hydrogen) atoms. The van der Waals surface area contributed by atoms with Gasteiger partial charge in [-0.1, -0.05) is 60.7 Å². The molecule has 2 N–H and O–H groups in total. The van der Waals surface area contributed by atoms with Gasteiger partial charge in [-0.15, -0.1) is 23.1 Å². The zero-order chi connectivity index (χ0) is 21.5. The van der Waals surface area contributed by atoms with Gasteiger partial charge in [-0.25, -0.2) is 0 Å². The van der Waals surface area contributed by atoms with Crippen LogP contribution in [0.2, 0.25) is 0 Å². The third kappa shape index (κ3) is 5.63. The second kappa shape index (κ2) is 10.1. The molecule has 1 unspecified atom stereocenters. The number of thiophene rings is 1. The minimum atomic E-state index is -0.409. The molecule has 0 aliphatic heterocycles. The van der Waals surface area contributed by atoms with Gasteiger partial charge in [0.2, 0.25) is 5.91 Å². The van der Waals surface area contributed by atoms with Crippen LogP contribution in [0.4, 0.5) is 11.4 Å². The van der Waals surface area contributed by atoms with Gasteiger partial charge < -0.3 is 10.6 Å². The largest absolute Gasteiger partial charge is 0.325 e. The van der Waals surface area contributed by atoms with Gasteiger partial charge >= 0.3 is 0 Å². The summed E-state index contributed by atoms with van der Waals surface area (Å²) in [6.45, 7) is 0. The average molecular weight is 445 g/mol. The summed E-state index contributed by atoms with van der Waals surface area (Å²) in [5.41, 5.74) is 2.18. The van der Waals surface area contributed by atoms with Crippen molar-refractivity contribution in [3.8, 4) is 0 Å². The Kier molecular flexibility index (Phi) is 6.82. The van der Waals surface area contributed by atoms with E-state index in [1.165, 1.54) is 23.1 Å². The van der Waals surface area contributed by atoms with Crippen LogP contribution in [0.1, 0.15) is 20.5 Å². The number of carbonyl (C=O) groups excluding carboxylic acids is 2. The Labute approximate surface area is 189 Å². The Morgan fingerprint density at radius 3 is 2.10 bits per heavy atom. The lowest BCUT2D eigenvalue weighted by Crippen LogP contribution is -2.19. The maximum Gasteiger partial charge on any atom is 0.265 e. The maximum absolute atomic E-state index is 13.2. The molecule has 1 heterocycles. The monoisotopic (exact) mass is 444 g/mol. The second-order valence-corrected chi connectivity index (χ2v) is 8.85. The first-order valence-corrected chi connectivity index (χ1v) is 11.5. The van der Waals surface area contributed by atoms with Crippen molar-refractivity contribution in [2.75, 3.05) is 10.6 Å². The van der Waals surface area contributed by atoms with E-state index in [1.807, 2.05) is 84.2 Å². The van der Waals surface area contributed by atoms with Gasteiger partial charge in [-0.2, -0.15) is 0 Å². The summed E-state index contributed by atoms with van der Waals surface area (Å²) in [6, 6.07) is 30.4. The number of hydrogen-bond donors (Lipinski definition) is 2. The lowest BCUT2D eigenvalue weighted by molar-refractivity contribution is -0.115. The molecule has 0 saturated carbocycles. The summed E-state index contributed by atoms with van der Waals surface area (Å²) >= 11 is 2.88. The summed E-state index contributed by atoms with van der Waals surface area (Å²) < 4.78 is 0. The van der Waals surface area contributed by atoms with E-state index in [-0.39, 0.29) is 11.8 Å². The molecule has 0 spiro atoms. The van der Waals surface area contributed by atoms with Gasteiger partial charge in [-0.3, -0.25) is 9.59 Å². The first kappa shape index (κ1) is 20.9. The normalized spacial score (nSPS) is 11.5. The molecule has 3 aromatic carbocycles. The molecule has 154 valence electrons. The molecule has 0 bridgehead atoms. The van der Waals surface area contributed by atoms with Crippen molar-refractivity contribution in [3.63, 3.8) is 0 Å². The molecule has 0 radical (unpaired) electrons. The van der Waals surface area contributed by atoms with E-state index in [0.717, 1.165) is 10.5 Å². The van der Waals surface area contributed by atoms with Crippen LogP contribution in [0.15, 0.2) is 107 Å². The summed E-state index contributed by atoms with van der Waals surface area (Å²) in [4.78, 5) is 27.2. The van der Waals surface area contributed by atoms with Crippen molar-refractivity contribution in [2.24, 2.45) is 0 Å². The van der Waals surface area contributed by atoms with Crippen LogP contribution in [0.25, 0.3) is 0 Å². The highest BCUT2D eigenvalue weighted by molar-refractivity contribution is 8.00. The molecular weight excluding hydrogens is 424 g/mol. The SMILES string of the molecule is O=C(Nc1cccc(NC(=O)C(Sc2ccccc2)c2ccccc2)c1)c1cccs1. The number of nitrogens with one attached hydrogen (secondary N) is 2. The van der Waals surface area contributed by atoms with Gasteiger partial charge in [-0.05, 0) is 47.3 Å². The quantitative estimate of drug-likeness (QED) is 0.321. The molecule has 4 rings (SSSR count). The minimum Gasteiger partial charge on any atom is -0.325 e. The van der Waals surface area contributed by atoms with Gasteiger partial charge in [0.25, 0.3) is 5.91 Å². The van der Waals surface area contributed by atoms with Crippen molar-refractivity contribution in [3.05, 3.63) is 113 Å². The summed E-state index contributed by atoms with van der Waals surface area (Å²) in [6.07, 6.45) is 0. The fourth-order valence-corrected chi connectivity index (χ4v) is 4.68. The molecule has 0 aliphatic rings. The zero-order valence-corrected chi connectivity index (χ0v) is 18.2. The zero-order valence-electron chi connectivity index (χ0n) is 16.5. The van der Waals surface area contributed by atoms with E-state index >= 15 is 0 Å². The fraction of sp³-hybridized carbons (Fsp3) is 0.0400. The molecule has 2 amide bonds. The van der Waals surface area contributed by atoms with Gasteiger partial charge in [0.05, 0.1) is 4.88 Å². The van der Waals surface area contributed by atoms with E-state index in [4.69, 9.17) is 0 Å². The lowest BCUT2D eigenvalue weighted by atomic mass is 10.1. The molecule has 4 nitrogen and oxygen atoms in total. The minimum absolute atomic E-state index is 0.123. The van der Waals surface area contributed by atoms with Crippen LogP contribution < -0.4 is 10.6 Å². The number of benzene rings is 3. The molecule has 6 heteroatoms. The summed E-state index contributed by atoms with van der Waals surface area (Å²) in [5.74, 6) is -0.290. The highest BCUT2D eigenvalue weighted by Gasteiger charge is 2.22. The van der Waals surface area contributed by atoms with Crippen LogP contribution >= 0.6 is 23.1 Å². The van der Waals surface area contributed by atoms with E-state index in [1.54, 1.807) is 18.2 Å². The number of thioether (sulfide) groups is 1. The Morgan fingerprint density at radius 1 is 0.742 bits per heavy atom. The third-order valence-electron chi connectivity index (χ3n) is 4.47. The van der Waals surface area contributed by atoms with Crippen molar-refractivity contribution >= 4 is 46.3 Å². The van der Waals surface area contributed by atoms with Crippen LogP contribution in [0, 0.1) is 0 Å². The number of hydrogen-bond acceptors (Lipinski definition) is 4. The average Bonchev–Trinajstić information content (AvgIpc) is 3.34. The molecule has 0 aliphatic carbocycles. The predicted molar refractivity (Wildman–Crippen MR) is 129 cm³/mol. The number of anilines is 2. The summed E-state index contributed by atoms with van der Waals surface area (Å²) in [7, 11) is 0. The van der Waals surface area contributed by atoms with Crippen LogP contribution in [-0.2, 0) is 4.79 Å². The van der Waals surface area contributed by atoms with Crippen LogP contribution in [0.5, 0.6) is 0 Å². The van der Waals surface area contributed by atoms with Gasteiger partial charge in [0, 0.05) is 16.3 Å². The number of carbonyl (C=O) groups is 2. The first-order valence-electron chi connectivity index (χ1n) is 9.71. The van der Waals surface area contributed by atoms with E-state index in [9.17, 15) is 9.59 Å². The van der Waals surface area contributed by atoms with E-state index in [2.05, 4.69) is 10.6 Å². The molecule has 0 fully saturated rings. The summed E-state index contributed by atoms with van der Waals surface area (Å²) in [5, 5.41) is 7.33. The maximum atomic E-state index is 13.2. The van der Waals surface area contributed by atoms with Crippen molar-refractivity contribution < 1.29 is 9.59 Å². The first-order chi connectivity index (χ1) is 15.2. The Bertz CT molecular complexity index is 1150. The van der Waals surface area contributed by atoms with E-state index in [0.29, 0.717) is 16.3 Å². The molecule has 1 aromatic heterocycles. The fourth-order valence-electron chi connectivity index (χ4n) is 3.02. The standard InChI is InChI=1S/C25H20N2O2S2/c28-24(22-15-8-16-30-22)26-19-11-7-12-20(17-19)27-25(29)23(18-9-3-1-4-10-18)31-21-13-5-2-6-14-21/h1-17,23H,(H,26,28)(H,27,29). The molecule has 1 atom stereocenters.